The van der Waals surface area contributed by atoms with Crippen molar-refractivity contribution in [3.63, 3.8) is 0 Å². The second-order valence-corrected chi connectivity index (χ2v) is 5.38. The minimum Gasteiger partial charge on any atom is -0.304 e. The Morgan fingerprint density at radius 2 is 2.35 bits per heavy atom. The number of rotatable bonds is 4. The van der Waals surface area contributed by atoms with Crippen LogP contribution < -0.4 is 5.32 Å². The quantitative estimate of drug-likeness (QED) is 0.926. The Balaban J connectivity index is 2.04. The normalized spacial score (nSPS) is 12.6. The summed E-state index contributed by atoms with van der Waals surface area (Å²) in [5.74, 6) is -0.188. The van der Waals surface area contributed by atoms with Crippen LogP contribution in [0.25, 0.3) is 0 Å². The summed E-state index contributed by atoms with van der Waals surface area (Å²) in [4.78, 5) is 4.17. The molecule has 5 heteroatoms. The van der Waals surface area contributed by atoms with E-state index in [2.05, 4.69) is 26.2 Å². The monoisotopic (exact) mass is 314 g/mol. The molecule has 1 heterocycles. The van der Waals surface area contributed by atoms with Gasteiger partial charge in [0.05, 0.1) is 11.2 Å². The number of thiazole rings is 1. The van der Waals surface area contributed by atoms with Gasteiger partial charge in [0.1, 0.15) is 5.82 Å². The van der Waals surface area contributed by atoms with Crippen LogP contribution in [-0.2, 0) is 6.54 Å². The first-order chi connectivity index (χ1) is 8.16. The number of hydrogen-bond donors (Lipinski definition) is 1. The van der Waals surface area contributed by atoms with Gasteiger partial charge in [-0.25, -0.2) is 9.37 Å². The van der Waals surface area contributed by atoms with Crippen molar-refractivity contribution in [3.8, 4) is 0 Å². The molecule has 0 amide bonds. The van der Waals surface area contributed by atoms with Gasteiger partial charge in [-0.05, 0) is 25.1 Å². The summed E-state index contributed by atoms with van der Waals surface area (Å²) in [5.41, 5.74) is 3.44. The first kappa shape index (κ1) is 12.7. The minimum absolute atomic E-state index is 0.0470. The van der Waals surface area contributed by atoms with E-state index in [0.717, 1.165) is 10.2 Å². The molecule has 17 heavy (non-hydrogen) atoms. The van der Waals surface area contributed by atoms with Crippen molar-refractivity contribution >= 4 is 27.3 Å². The van der Waals surface area contributed by atoms with Crippen LogP contribution in [-0.4, -0.2) is 4.98 Å². The maximum absolute atomic E-state index is 13.6. The van der Waals surface area contributed by atoms with Gasteiger partial charge in [0.2, 0.25) is 0 Å². The van der Waals surface area contributed by atoms with Gasteiger partial charge in [0.25, 0.3) is 0 Å². The molecule has 0 fully saturated rings. The zero-order valence-corrected chi connectivity index (χ0v) is 11.7. The van der Waals surface area contributed by atoms with Crippen molar-refractivity contribution in [2.45, 2.75) is 19.5 Å². The Kier molecular flexibility index (Phi) is 4.25. The smallest absolute Gasteiger partial charge is 0.128 e. The van der Waals surface area contributed by atoms with Crippen LogP contribution in [0.5, 0.6) is 0 Å². The summed E-state index contributed by atoms with van der Waals surface area (Å²) in [6.45, 7) is 2.59. The summed E-state index contributed by atoms with van der Waals surface area (Å²) in [5, 5.41) is 5.24. The van der Waals surface area contributed by atoms with Gasteiger partial charge in [0, 0.05) is 28.0 Å². The number of aromatic nitrogens is 1. The molecule has 0 radical (unpaired) electrons. The number of halogens is 2. The van der Waals surface area contributed by atoms with E-state index in [-0.39, 0.29) is 11.9 Å². The first-order valence-electron chi connectivity index (χ1n) is 5.22. The molecule has 0 saturated carbocycles. The first-order valence-corrected chi connectivity index (χ1v) is 6.96. The molecule has 0 aliphatic carbocycles. The van der Waals surface area contributed by atoms with Crippen LogP contribution in [0.3, 0.4) is 0 Å². The zero-order chi connectivity index (χ0) is 12.3. The highest BCUT2D eigenvalue weighted by Crippen LogP contribution is 2.21. The van der Waals surface area contributed by atoms with Crippen LogP contribution in [0.4, 0.5) is 4.39 Å². The van der Waals surface area contributed by atoms with Crippen molar-refractivity contribution in [2.75, 3.05) is 0 Å². The molecule has 0 spiro atoms. The van der Waals surface area contributed by atoms with E-state index in [1.54, 1.807) is 29.0 Å². The SMILES string of the molecule is C[C@@H](NCc1cscn1)c1cc(Br)ccc1F. The molecule has 0 aliphatic heterocycles. The second-order valence-electron chi connectivity index (χ2n) is 3.75. The van der Waals surface area contributed by atoms with Crippen LogP contribution in [0.15, 0.2) is 33.6 Å². The maximum atomic E-state index is 13.6. The number of benzene rings is 1. The summed E-state index contributed by atoms with van der Waals surface area (Å²) < 4.78 is 14.5. The number of nitrogens with zero attached hydrogens (tertiary/aromatic N) is 1. The van der Waals surface area contributed by atoms with Crippen LogP contribution in [0.2, 0.25) is 0 Å². The molecule has 90 valence electrons. The topological polar surface area (TPSA) is 24.9 Å². The molecule has 1 aromatic carbocycles. The van der Waals surface area contributed by atoms with Gasteiger partial charge in [-0.1, -0.05) is 15.9 Å². The standard InChI is InChI=1S/C12H12BrFN2S/c1-8(15-5-10-6-17-7-16-10)11-4-9(13)2-3-12(11)14/h2-4,6-8,15H,5H2,1H3/t8-/m1/s1. The molecule has 1 atom stereocenters. The summed E-state index contributed by atoms with van der Waals surface area (Å²) in [6.07, 6.45) is 0. The van der Waals surface area contributed by atoms with Crippen molar-refractivity contribution in [2.24, 2.45) is 0 Å². The third kappa shape index (κ3) is 3.34. The summed E-state index contributed by atoms with van der Waals surface area (Å²) in [7, 11) is 0. The van der Waals surface area contributed by atoms with E-state index in [1.165, 1.54) is 6.07 Å². The van der Waals surface area contributed by atoms with Crippen molar-refractivity contribution in [1.29, 1.82) is 0 Å². The van der Waals surface area contributed by atoms with E-state index < -0.39 is 0 Å². The van der Waals surface area contributed by atoms with Crippen molar-refractivity contribution < 1.29 is 4.39 Å². The Labute approximate surface area is 112 Å². The molecule has 2 rings (SSSR count). The van der Waals surface area contributed by atoms with E-state index in [1.807, 2.05) is 12.3 Å². The lowest BCUT2D eigenvalue weighted by molar-refractivity contribution is 0.525. The molecule has 0 aliphatic rings. The fraction of sp³-hybridized carbons (Fsp3) is 0.250. The molecule has 1 N–H and O–H groups in total. The van der Waals surface area contributed by atoms with Crippen LogP contribution >= 0.6 is 27.3 Å². The molecule has 1 aromatic heterocycles. The minimum atomic E-state index is -0.188. The molecule has 0 saturated heterocycles. The van der Waals surface area contributed by atoms with Crippen molar-refractivity contribution in [3.05, 3.63) is 50.6 Å². The lowest BCUT2D eigenvalue weighted by Gasteiger charge is -2.14. The summed E-state index contributed by atoms with van der Waals surface area (Å²) >= 11 is 4.91. The lowest BCUT2D eigenvalue weighted by Crippen LogP contribution is -2.19. The van der Waals surface area contributed by atoms with E-state index in [0.29, 0.717) is 12.1 Å². The predicted octanol–water partition coefficient (Wildman–Crippen LogP) is 3.90. The molecule has 0 bridgehead atoms. The number of hydrogen-bond acceptors (Lipinski definition) is 3. The van der Waals surface area contributed by atoms with Gasteiger partial charge >= 0.3 is 0 Å². The molecule has 2 aromatic rings. The van der Waals surface area contributed by atoms with Gasteiger partial charge < -0.3 is 5.32 Å². The van der Waals surface area contributed by atoms with Crippen LogP contribution in [0, 0.1) is 5.82 Å². The fourth-order valence-corrected chi connectivity index (χ4v) is 2.48. The average Bonchev–Trinajstić information content (AvgIpc) is 2.82. The molecular weight excluding hydrogens is 303 g/mol. The Hall–Kier alpha value is -0.780. The lowest BCUT2D eigenvalue weighted by atomic mass is 10.1. The Morgan fingerprint density at radius 3 is 3.06 bits per heavy atom. The second kappa shape index (κ2) is 5.71. The predicted molar refractivity (Wildman–Crippen MR) is 71.5 cm³/mol. The number of nitrogens with one attached hydrogen (secondary N) is 1. The third-order valence-corrected chi connectivity index (χ3v) is 3.63. The van der Waals surface area contributed by atoms with E-state index in [9.17, 15) is 4.39 Å². The molecule has 2 nitrogen and oxygen atoms in total. The van der Waals surface area contributed by atoms with Gasteiger partial charge in [-0.2, -0.15) is 0 Å². The Morgan fingerprint density at radius 1 is 1.53 bits per heavy atom. The highest BCUT2D eigenvalue weighted by Gasteiger charge is 2.11. The molecule has 0 unspecified atom stereocenters. The van der Waals surface area contributed by atoms with E-state index >= 15 is 0 Å². The largest absolute Gasteiger partial charge is 0.304 e. The van der Waals surface area contributed by atoms with Gasteiger partial charge in [0.15, 0.2) is 0 Å². The maximum Gasteiger partial charge on any atom is 0.128 e. The van der Waals surface area contributed by atoms with E-state index in [4.69, 9.17) is 0 Å². The third-order valence-electron chi connectivity index (χ3n) is 2.50. The highest BCUT2D eigenvalue weighted by atomic mass is 79.9. The average molecular weight is 315 g/mol. The highest BCUT2D eigenvalue weighted by molar-refractivity contribution is 9.10. The fourth-order valence-electron chi connectivity index (χ4n) is 1.54. The zero-order valence-electron chi connectivity index (χ0n) is 9.28. The van der Waals surface area contributed by atoms with Gasteiger partial charge in [-0.3, -0.25) is 0 Å². The Bertz CT molecular complexity index is 487. The van der Waals surface area contributed by atoms with Gasteiger partial charge in [-0.15, -0.1) is 11.3 Å². The van der Waals surface area contributed by atoms with Crippen molar-refractivity contribution in [1.82, 2.24) is 10.3 Å². The molecular formula is C12H12BrFN2S. The van der Waals surface area contributed by atoms with Crippen LogP contribution in [0.1, 0.15) is 24.2 Å². The summed E-state index contributed by atoms with van der Waals surface area (Å²) in [6, 6.07) is 4.93.